The zero-order valence-electron chi connectivity index (χ0n) is 20.6. The smallest absolute Gasteiger partial charge is 0.134 e. The van der Waals surface area contributed by atoms with Crippen LogP contribution < -0.4 is 0 Å². The van der Waals surface area contributed by atoms with Gasteiger partial charge in [0.1, 0.15) is 5.60 Å². The first kappa shape index (κ1) is 27.0. The van der Waals surface area contributed by atoms with Gasteiger partial charge in [0.25, 0.3) is 0 Å². The van der Waals surface area contributed by atoms with E-state index in [1.165, 1.54) is 36.8 Å². The maximum absolute atomic E-state index is 5.86. The van der Waals surface area contributed by atoms with Crippen LogP contribution in [0.4, 0.5) is 0 Å². The molecule has 0 aliphatic carbocycles. The van der Waals surface area contributed by atoms with Gasteiger partial charge in [0.05, 0.1) is 5.71 Å². The van der Waals surface area contributed by atoms with E-state index in [0.717, 1.165) is 44.2 Å². The van der Waals surface area contributed by atoms with Crippen molar-refractivity contribution in [3.05, 3.63) is 23.3 Å². The van der Waals surface area contributed by atoms with Crippen LogP contribution in [0.5, 0.6) is 0 Å². The van der Waals surface area contributed by atoms with Crippen molar-refractivity contribution in [2.24, 2.45) is 10.6 Å². The molecule has 0 N–H and O–H groups in total. The summed E-state index contributed by atoms with van der Waals surface area (Å²) in [6.07, 6.45) is 16.2. The van der Waals surface area contributed by atoms with Crippen molar-refractivity contribution >= 4 is 5.71 Å². The van der Waals surface area contributed by atoms with Gasteiger partial charge < -0.3 is 4.84 Å². The third-order valence-corrected chi connectivity index (χ3v) is 5.79. The Morgan fingerprint density at radius 1 is 0.821 bits per heavy atom. The highest BCUT2D eigenvalue weighted by Gasteiger charge is 2.22. The first-order valence-electron chi connectivity index (χ1n) is 11.6. The molecule has 0 bridgehead atoms. The van der Waals surface area contributed by atoms with Gasteiger partial charge in [-0.3, -0.25) is 0 Å². The fourth-order valence-corrected chi connectivity index (χ4v) is 3.41. The van der Waals surface area contributed by atoms with E-state index in [2.05, 4.69) is 79.6 Å². The second-order valence-corrected chi connectivity index (χ2v) is 9.73. The molecule has 164 valence electrons. The Kier molecular flexibility index (Phi) is 13.5. The quantitative estimate of drug-likeness (QED) is 0.155. The average Bonchev–Trinajstić information content (AvgIpc) is 2.63. The Hall–Kier alpha value is -1.05. The summed E-state index contributed by atoms with van der Waals surface area (Å²) in [5.41, 5.74) is 4.40. The van der Waals surface area contributed by atoms with Gasteiger partial charge >= 0.3 is 0 Å². The van der Waals surface area contributed by atoms with Crippen molar-refractivity contribution in [3.63, 3.8) is 0 Å². The topological polar surface area (TPSA) is 21.6 Å². The molecule has 0 amide bonds. The van der Waals surface area contributed by atoms with E-state index in [4.69, 9.17) is 4.84 Å². The molecular formula is C26H49NO. The van der Waals surface area contributed by atoms with Crippen molar-refractivity contribution in [1.82, 2.24) is 0 Å². The third kappa shape index (κ3) is 13.2. The van der Waals surface area contributed by atoms with Crippen LogP contribution in [-0.2, 0) is 4.84 Å². The summed E-state index contributed by atoms with van der Waals surface area (Å²) in [5, 5.41) is 4.41. The highest BCUT2D eigenvalue weighted by atomic mass is 16.6. The molecule has 0 aromatic carbocycles. The zero-order valence-corrected chi connectivity index (χ0v) is 20.6. The van der Waals surface area contributed by atoms with E-state index >= 15 is 0 Å². The van der Waals surface area contributed by atoms with E-state index in [0.29, 0.717) is 5.41 Å². The molecule has 28 heavy (non-hydrogen) atoms. The molecule has 0 heterocycles. The maximum atomic E-state index is 5.86. The van der Waals surface area contributed by atoms with Crippen LogP contribution in [-0.4, -0.2) is 11.3 Å². The molecule has 0 spiro atoms. The molecule has 2 heteroatoms. The Morgan fingerprint density at radius 2 is 1.43 bits per heavy atom. The zero-order chi connectivity index (χ0) is 21.6. The molecule has 0 aliphatic heterocycles. The molecule has 0 aromatic rings. The van der Waals surface area contributed by atoms with E-state index in [1.54, 1.807) is 0 Å². The van der Waals surface area contributed by atoms with Crippen LogP contribution >= 0.6 is 0 Å². The van der Waals surface area contributed by atoms with Gasteiger partial charge in [-0.2, -0.15) is 0 Å². The Morgan fingerprint density at radius 3 is 2.00 bits per heavy atom. The Balaban J connectivity index is 4.33. The van der Waals surface area contributed by atoms with Gasteiger partial charge in [0, 0.05) is 0 Å². The lowest BCUT2D eigenvalue weighted by atomic mass is 9.84. The molecule has 0 aliphatic rings. The summed E-state index contributed by atoms with van der Waals surface area (Å²) in [7, 11) is 0. The molecule has 2 nitrogen and oxygen atoms in total. The van der Waals surface area contributed by atoms with Crippen molar-refractivity contribution in [3.8, 4) is 0 Å². The normalized spacial score (nSPS) is 16.2. The van der Waals surface area contributed by atoms with E-state index in [9.17, 15) is 0 Å². The van der Waals surface area contributed by atoms with Crippen LogP contribution in [0.3, 0.4) is 0 Å². The van der Waals surface area contributed by atoms with Gasteiger partial charge in [0.2, 0.25) is 0 Å². The van der Waals surface area contributed by atoms with Crippen LogP contribution in [0, 0.1) is 5.41 Å². The van der Waals surface area contributed by atoms with E-state index in [-0.39, 0.29) is 5.60 Å². The summed E-state index contributed by atoms with van der Waals surface area (Å²) in [5.74, 6) is 0. The largest absolute Gasteiger partial charge is 0.390 e. The van der Waals surface area contributed by atoms with Gasteiger partial charge in [-0.25, -0.2) is 0 Å². The molecule has 0 saturated heterocycles. The monoisotopic (exact) mass is 391 g/mol. The molecule has 1 atom stereocenters. The molecule has 0 rings (SSSR count). The summed E-state index contributed by atoms with van der Waals surface area (Å²) in [6.45, 7) is 20.2. The van der Waals surface area contributed by atoms with Crippen molar-refractivity contribution in [2.75, 3.05) is 0 Å². The number of allylic oxidation sites excluding steroid dienone is 4. The SMILES string of the molecule is CCCC(C)(C)C/C=C(\C)CC/C=C(\C)CC/C(C)=N/OC(C)(CC)CCC. The standard InChI is InChI=1S/C26H49NO/c1-10-19-25(7,8)21-18-23(5)15-13-14-22(4)16-17-24(6)27-28-26(9,12-3)20-11-2/h14,18H,10-13,15-17,19-21H2,1-9H3/b22-14+,23-18+,27-24+. The van der Waals surface area contributed by atoms with Gasteiger partial charge in [-0.05, 0) is 84.5 Å². The van der Waals surface area contributed by atoms with Crippen LogP contribution in [0.2, 0.25) is 0 Å². The Bertz CT molecular complexity index is 513. The van der Waals surface area contributed by atoms with Crippen molar-refractivity contribution in [1.29, 1.82) is 0 Å². The lowest BCUT2D eigenvalue weighted by molar-refractivity contribution is -0.0387. The van der Waals surface area contributed by atoms with E-state index in [1.807, 2.05) is 0 Å². The minimum atomic E-state index is -0.115. The first-order valence-corrected chi connectivity index (χ1v) is 11.6. The fraction of sp³-hybridized carbons (Fsp3) is 0.808. The second kappa shape index (κ2) is 14.0. The number of rotatable bonds is 15. The molecular weight excluding hydrogens is 342 g/mol. The first-order chi connectivity index (χ1) is 13.1. The summed E-state index contributed by atoms with van der Waals surface area (Å²) in [6, 6.07) is 0. The van der Waals surface area contributed by atoms with Gasteiger partial charge in [-0.1, -0.05) is 75.9 Å². The lowest BCUT2D eigenvalue weighted by Gasteiger charge is -2.25. The summed E-state index contributed by atoms with van der Waals surface area (Å²) < 4.78 is 0. The second-order valence-electron chi connectivity index (χ2n) is 9.73. The summed E-state index contributed by atoms with van der Waals surface area (Å²) >= 11 is 0. The molecule has 0 aromatic heterocycles. The fourth-order valence-electron chi connectivity index (χ4n) is 3.41. The molecule has 0 saturated carbocycles. The molecule has 1 unspecified atom stereocenters. The summed E-state index contributed by atoms with van der Waals surface area (Å²) in [4.78, 5) is 5.86. The lowest BCUT2D eigenvalue weighted by Crippen LogP contribution is -2.25. The minimum Gasteiger partial charge on any atom is -0.390 e. The van der Waals surface area contributed by atoms with Crippen LogP contribution in [0.1, 0.15) is 127 Å². The maximum Gasteiger partial charge on any atom is 0.134 e. The molecule has 0 radical (unpaired) electrons. The highest BCUT2D eigenvalue weighted by Crippen LogP contribution is 2.28. The van der Waals surface area contributed by atoms with Gasteiger partial charge in [0.15, 0.2) is 0 Å². The molecule has 0 fully saturated rings. The van der Waals surface area contributed by atoms with Gasteiger partial charge in [-0.15, -0.1) is 0 Å². The van der Waals surface area contributed by atoms with Crippen molar-refractivity contribution < 1.29 is 4.84 Å². The Labute approximate surface area is 176 Å². The van der Waals surface area contributed by atoms with E-state index < -0.39 is 0 Å². The highest BCUT2D eigenvalue weighted by molar-refractivity contribution is 5.81. The number of hydrogen-bond donors (Lipinski definition) is 0. The average molecular weight is 392 g/mol. The number of oxime groups is 1. The van der Waals surface area contributed by atoms with Crippen LogP contribution in [0.15, 0.2) is 28.5 Å². The number of hydrogen-bond acceptors (Lipinski definition) is 2. The predicted molar refractivity (Wildman–Crippen MR) is 127 cm³/mol. The third-order valence-electron chi connectivity index (χ3n) is 5.79. The minimum absolute atomic E-state index is 0.115. The number of nitrogens with zero attached hydrogens (tertiary/aromatic N) is 1. The van der Waals surface area contributed by atoms with Crippen LogP contribution in [0.25, 0.3) is 0 Å². The van der Waals surface area contributed by atoms with Crippen molar-refractivity contribution in [2.45, 2.75) is 132 Å². The predicted octanol–water partition coefficient (Wildman–Crippen LogP) is 9.02.